The Kier molecular flexibility index (Phi) is 5.85. The number of hydrogen-bond acceptors (Lipinski definition) is 3. The summed E-state index contributed by atoms with van der Waals surface area (Å²) >= 11 is 0. The highest BCUT2D eigenvalue weighted by molar-refractivity contribution is 5.76. The Bertz CT molecular complexity index is 322. The second-order valence-electron chi connectivity index (χ2n) is 6.68. The molecule has 2 heterocycles. The highest BCUT2D eigenvalue weighted by Crippen LogP contribution is 2.27. The first-order valence-corrected chi connectivity index (χ1v) is 8.18. The van der Waals surface area contributed by atoms with Gasteiger partial charge in [0.2, 0.25) is 5.91 Å². The van der Waals surface area contributed by atoms with Gasteiger partial charge in [0.05, 0.1) is 12.7 Å². The third-order valence-electron chi connectivity index (χ3n) is 5.03. The van der Waals surface area contributed by atoms with E-state index >= 15 is 0 Å². The maximum Gasteiger partial charge on any atom is 0.220 e. The summed E-state index contributed by atoms with van der Waals surface area (Å²) in [7, 11) is 0. The lowest BCUT2D eigenvalue weighted by Crippen LogP contribution is -2.45. The second kappa shape index (κ2) is 7.41. The molecule has 0 spiro atoms. The number of morpholine rings is 1. The van der Waals surface area contributed by atoms with Gasteiger partial charge >= 0.3 is 0 Å². The predicted octanol–water partition coefficient (Wildman–Crippen LogP) is 2.04. The molecule has 116 valence electrons. The van der Waals surface area contributed by atoms with Crippen LogP contribution in [0.5, 0.6) is 0 Å². The number of rotatable bonds is 5. The first-order chi connectivity index (χ1) is 9.56. The second-order valence-corrected chi connectivity index (χ2v) is 6.68. The summed E-state index contributed by atoms with van der Waals surface area (Å²) in [5.74, 6) is 1.48. The van der Waals surface area contributed by atoms with Crippen LogP contribution in [0.25, 0.3) is 0 Å². The zero-order valence-electron chi connectivity index (χ0n) is 13.2. The molecule has 2 aliphatic heterocycles. The molecule has 2 saturated heterocycles. The Labute approximate surface area is 123 Å². The van der Waals surface area contributed by atoms with Crippen molar-refractivity contribution in [1.29, 1.82) is 0 Å². The Morgan fingerprint density at radius 3 is 2.90 bits per heavy atom. The molecule has 0 radical (unpaired) electrons. The minimum Gasteiger partial charge on any atom is -0.376 e. The van der Waals surface area contributed by atoms with Gasteiger partial charge in [-0.15, -0.1) is 0 Å². The molecule has 0 aromatic rings. The van der Waals surface area contributed by atoms with E-state index in [1.165, 1.54) is 12.8 Å². The lowest BCUT2D eigenvalue weighted by atomic mass is 9.82. The van der Waals surface area contributed by atoms with Crippen LogP contribution in [-0.4, -0.2) is 49.2 Å². The molecule has 4 atom stereocenters. The van der Waals surface area contributed by atoms with Crippen LogP contribution in [0.2, 0.25) is 0 Å². The van der Waals surface area contributed by atoms with E-state index in [9.17, 15) is 4.79 Å². The van der Waals surface area contributed by atoms with Crippen molar-refractivity contribution in [3.63, 3.8) is 0 Å². The molecule has 1 amide bonds. The maximum absolute atomic E-state index is 11.5. The Balaban J connectivity index is 1.71. The lowest BCUT2D eigenvalue weighted by Gasteiger charge is -2.36. The number of amides is 1. The molecule has 0 aromatic carbocycles. The van der Waals surface area contributed by atoms with E-state index in [0.29, 0.717) is 24.0 Å². The van der Waals surface area contributed by atoms with Gasteiger partial charge < -0.3 is 10.1 Å². The smallest absolute Gasteiger partial charge is 0.220 e. The summed E-state index contributed by atoms with van der Waals surface area (Å²) < 4.78 is 5.60. The zero-order chi connectivity index (χ0) is 14.5. The summed E-state index contributed by atoms with van der Waals surface area (Å²) in [4.78, 5) is 14.0. The van der Waals surface area contributed by atoms with Gasteiger partial charge in [0, 0.05) is 32.1 Å². The van der Waals surface area contributed by atoms with Crippen LogP contribution in [0.1, 0.15) is 46.5 Å². The summed E-state index contributed by atoms with van der Waals surface area (Å²) in [6.45, 7) is 10.7. The summed E-state index contributed by atoms with van der Waals surface area (Å²) in [6.07, 6.45) is 4.70. The van der Waals surface area contributed by atoms with Gasteiger partial charge in [0.15, 0.2) is 0 Å². The van der Waals surface area contributed by atoms with E-state index in [0.717, 1.165) is 39.1 Å². The topological polar surface area (TPSA) is 41.6 Å². The molecule has 2 aliphatic rings. The number of carbonyl (C=O) groups excluding carboxylic acids is 1. The van der Waals surface area contributed by atoms with Crippen LogP contribution in [0.3, 0.4) is 0 Å². The molecular formula is C16H30N2O2. The summed E-state index contributed by atoms with van der Waals surface area (Å²) in [5, 5.41) is 2.93. The van der Waals surface area contributed by atoms with E-state index in [-0.39, 0.29) is 5.91 Å². The van der Waals surface area contributed by atoms with E-state index in [4.69, 9.17) is 4.74 Å². The van der Waals surface area contributed by atoms with E-state index in [1.807, 2.05) is 0 Å². The third kappa shape index (κ3) is 4.45. The standard InChI is InChI=1S/C16H30N2O2/c1-12(15-6-7-17-16(19)10-15)4-5-13(2)18-8-9-20-14(3)11-18/h12-15H,4-11H2,1-3H3,(H,17,19). The van der Waals surface area contributed by atoms with E-state index < -0.39 is 0 Å². The molecule has 4 heteroatoms. The third-order valence-corrected chi connectivity index (χ3v) is 5.03. The van der Waals surface area contributed by atoms with Crippen LogP contribution in [0.15, 0.2) is 0 Å². The molecule has 1 N–H and O–H groups in total. The van der Waals surface area contributed by atoms with Gasteiger partial charge in [-0.3, -0.25) is 9.69 Å². The first kappa shape index (κ1) is 15.8. The summed E-state index contributed by atoms with van der Waals surface area (Å²) in [5.41, 5.74) is 0. The fourth-order valence-electron chi connectivity index (χ4n) is 3.46. The van der Waals surface area contributed by atoms with Crippen LogP contribution >= 0.6 is 0 Å². The minimum absolute atomic E-state index is 0.239. The highest BCUT2D eigenvalue weighted by atomic mass is 16.5. The largest absolute Gasteiger partial charge is 0.376 e. The van der Waals surface area contributed by atoms with Crippen LogP contribution in [-0.2, 0) is 9.53 Å². The Morgan fingerprint density at radius 2 is 2.20 bits per heavy atom. The molecule has 0 aromatic heterocycles. The van der Waals surface area contributed by atoms with Gasteiger partial charge in [0.25, 0.3) is 0 Å². The molecular weight excluding hydrogens is 252 g/mol. The van der Waals surface area contributed by atoms with Gasteiger partial charge in [-0.1, -0.05) is 6.92 Å². The minimum atomic E-state index is 0.239. The van der Waals surface area contributed by atoms with Crippen molar-refractivity contribution in [2.45, 2.75) is 58.6 Å². The zero-order valence-corrected chi connectivity index (χ0v) is 13.2. The number of nitrogens with one attached hydrogen (secondary N) is 1. The van der Waals surface area contributed by atoms with Crippen LogP contribution < -0.4 is 5.32 Å². The van der Waals surface area contributed by atoms with Crippen molar-refractivity contribution in [2.24, 2.45) is 11.8 Å². The molecule has 4 nitrogen and oxygen atoms in total. The number of hydrogen-bond donors (Lipinski definition) is 1. The quantitative estimate of drug-likeness (QED) is 0.839. The monoisotopic (exact) mass is 282 g/mol. The molecule has 2 rings (SSSR count). The van der Waals surface area contributed by atoms with Crippen molar-refractivity contribution >= 4 is 5.91 Å². The number of carbonyl (C=O) groups is 1. The summed E-state index contributed by atoms with van der Waals surface area (Å²) in [6, 6.07) is 0.626. The number of ether oxygens (including phenoxy) is 1. The Hall–Kier alpha value is -0.610. The van der Waals surface area contributed by atoms with E-state index in [2.05, 4.69) is 31.0 Å². The molecule has 0 aliphatic carbocycles. The van der Waals surface area contributed by atoms with Crippen LogP contribution in [0, 0.1) is 11.8 Å². The molecule has 4 unspecified atom stereocenters. The first-order valence-electron chi connectivity index (χ1n) is 8.18. The van der Waals surface area contributed by atoms with Crippen molar-refractivity contribution < 1.29 is 9.53 Å². The molecule has 2 fully saturated rings. The fourth-order valence-corrected chi connectivity index (χ4v) is 3.46. The van der Waals surface area contributed by atoms with Crippen molar-refractivity contribution in [3.05, 3.63) is 0 Å². The lowest BCUT2D eigenvalue weighted by molar-refractivity contribution is -0.124. The Morgan fingerprint density at radius 1 is 1.40 bits per heavy atom. The highest BCUT2D eigenvalue weighted by Gasteiger charge is 2.26. The average Bonchev–Trinajstić information content (AvgIpc) is 2.44. The number of piperidine rings is 1. The van der Waals surface area contributed by atoms with Gasteiger partial charge in [-0.2, -0.15) is 0 Å². The SMILES string of the molecule is CC1CN(C(C)CCC(C)C2CCNC(=O)C2)CCO1. The molecule has 0 bridgehead atoms. The van der Waals surface area contributed by atoms with Crippen LogP contribution in [0.4, 0.5) is 0 Å². The van der Waals surface area contributed by atoms with E-state index in [1.54, 1.807) is 0 Å². The van der Waals surface area contributed by atoms with Crippen molar-refractivity contribution in [2.75, 3.05) is 26.2 Å². The molecule has 0 saturated carbocycles. The van der Waals surface area contributed by atoms with Crippen molar-refractivity contribution in [1.82, 2.24) is 10.2 Å². The van der Waals surface area contributed by atoms with Gasteiger partial charge in [-0.05, 0) is 44.9 Å². The van der Waals surface area contributed by atoms with Gasteiger partial charge in [-0.25, -0.2) is 0 Å². The predicted molar refractivity (Wildman–Crippen MR) is 80.6 cm³/mol. The normalized spacial score (nSPS) is 31.6. The molecule has 20 heavy (non-hydrogen) atoms. The number of nitrogens with zero attached hydrogens (tertiary/aromatic N) is 1. The maximum atomic E-state index is 11.5. The van der Waals surface area contributed by atoms with Gasteiger partial charge in [0.1, 0.15) is 0 Å². The van der Waals surface area contributed by atoms with Crippen molar-refractivity contribution in [3.8, 4) is 0 Å². The average molecular weight is 282 g/mol. The fraction of sp³-hybridized carbons (Fsp3) is 0.938.